The quantitative estimate of drug-likeness (QED) is 0.726. The van der Waals surface area contributed by atoms with E-state index in [0.29, 0.717) is 18.3 Å². The van der Waals surface area contributed by atoms with Crippen LogP contribution in [0.4, 0.5) is 10.5 Å². The fourth-order valence-corrected chi connectivity index (χ4v) is 3.42. The third kappa shape index (κ3) is 3.84. The van der Waals surface area contributed by atoms with Crippen LogP contribution in [0.1, 0.15) is 36.8 Å². The van der Waals surface area contributed by atoms with E-state index in [-0.39, 0.29) is 12.1 Å². The molecule has 1 saturated heterocycles. The summed E-state index contributed by atoms with van der Waals surface area (Å²) in [4.78, 5) is 19.2. The Balaban J connectivity index is 1.54. The number of piperidine rings is 1. The maximum absolute atomic E-state index is 12.9. The van der Waals surface area contributed by atoms with Gasteiger partial charge in [0.25, 0.3) is 0 Å². The molecule has 0 unspecified atom stereocenters. The average Bonchev–Trinajstić information content (AvgIpc) is 3.19. The van der Waals surface area contributed by atoms with Gasteiger partial charge in [0.1, 0.15) is 6.04 Å². The minimum Gasteiger partial charge on any atom is -0.337 e. The molecule has 1 aliphatic rings. The van der Waals surface area contributed by atoms with Gasteiger partial charge >= 0.3 is 6.03 Å². The van der Waals surface area contributed by atoms with E-state index >= 15 is 0 Å². The van der Waals surface area contributed by atoms with Crippen molar-refractivity contribution in [2.24, 2.45) is 0 Å². The van der Waals surface area contributed by atoms with Gasteiger partial charge in [-0.2, -0.15) is 4.98 Å². The number of hydrogen-bond donors (Lipinski definition) is 1. The highest BCUT2D eigenvalue weighted by Gasteiger charge is 2.32. The largest absolute Gasteiger partial charge is 0.337 e. The van der Waals surface area contributed by atoms with Crippen LogP contribution in [0, 0.1) is 6.92 Å². The first-order chi connectivity index (χ1) is 13.2. The summed E-state index contributed by atoms with van der Waals surface area (Å²) in [6.45, 7) is 2.67. The van der Waals surface area contributed by atoms with Gasteiger partial charge in [0, 0.05) is 17.8 Å². The zero-order valence-corrected chi connectivity index (χ0v) is 15.3. The summed E-state index contributed by atoms with van der Waals surface area (Å²) in [6, 6.07) is 17.2. The lowest BCUT2D eigenvalue weighted by Gasteiger charge is -2.33. The highest BCUT2D eigenvalue weighted by atomic mass is 16.5. The minimum absolute atomic E-state index is 0.134. The lowest BCUT2D eigenvalue weighted by atomic mass is 10.0. The molecule has 138 valence electrons. The van der Waals surface area contributed by atoms with Crippen molar-refractivity contribution in [3.8, 4) is 11.4 Å². The van der Waals surface area contributed by atoms with E-state index in [4.69, 9.17) is 4.52 Å². The number of aryl methyl sites for hydroxylation is 1. The second-order valence-electron chi connectivity index (χ2n) is 6.83. The average molecular weight is 362 g/mol. The Morgan fingerprint density at radius 2 is 2.00 bits per heavy atom. The Morgan fingerprint density at radius 3 is 2.81 bits per heavy atom. The van der Waals surface area contributed by atoms with Gasteiger partial charge in [0.05, 0.1) is 0 Å². The van der Waals surface area contributed by atoms with E-state index in [9.17, 15) is 4.79 Å². The molecule has 2 aromatic carbocycles. The molecule has 2 heterocycles. The molecule has 1 atom stereocenters. The number of likely N-dealkylation sites (tertiary alicyclic amines) is 1. The standard InChI is InChI=1S/C21H22N4O2/c1-15-8-7-11-17(14-15)22-21(26)25-13-6-5-12-18(25)20-23-19(24-27-20)16-9-3-2-4-10-16/h2-4,7-11,14,18H,5-6,12-13H2,1H3,(H,22,26)/t18-/m1/s1. The number of nitrogens with zero attached hydrogens (tertiary/aromatic N) is 3. The van der Waals surface area contributed by atoms with Crippen LogP contribution in [0.5, 0.6) is 0 Å². The summed E-state index contributed by atoms with van der Waals surface area (Å²) in [5.74, 6) is 1.04. The van der Waals surface area contributed by atoms with Gasteiger partial charge in [-0.25, -0.2) is 4.79 Å². The van der Waals surface area contributed by atoms with E-state index in [1.165, 1.54) is 0 Å². The van der Waals surface area contributed by atoms with Crippen molar-refractivity contribution >= 4 is 11.7 Å². The topological polar surface area (TPSA) is 71.3 Å². The predicted octanol–water partition coefficient (Wildman–Crippen LogP) is 4.80. The van der Waals surface area contributed by atoms with Gasteiger partial charge in [0.15, 0.2) is 0 Å². The molecule has 1 fully saturated rings. The van der Waals surface area contributed by atoms with Crippen LogP contribution >= 0.6 is 0 Å². The maximum atomic E-state index is 12.9. The van der Waals surface area contributed by atoms with Crippen LogP contribution in [-0.4, -0.2) is 27.6 Å². The summed E-state index contributed by atoms with van der Waals surface area (Å²) in [5.41, 5.74) is 2.80. The summed E-state index contributed by atoms with van der Waals surface area (Å²) in [5, 5.41) is 7.09. The van der Waals surface area contributed by atoms with Crippen molar-refractivity contribution in [1.82, 2.24) is 15.0 Å². The summed E-state index contributed by atoms with van der Waals surface area (Å²) >= 11 is 0. The Hall–Kier alpha value is -3.15. The van der Waals surface area contributed by atoms with Crippen molar-refractivity contribution in [1.29, 1.82) is 0 Å². The summed E-state index contributed by atoms with van der Waals surface area (Å²) in [7, 11) is 0. The second-order valence-corrected chi connectivity index (χ2v) is 6.83. The van der Waals surface area contributed by atoms with Crippen LogP contribution < -0.4 is 5.32 Å². The Morgan fingerprint density at radius 1 is 1.15 bits per heavy atom. The molecule has 0 saturated carbocycles. The number of rotatable bonds is 3. The fourth-order valence-electron chi connectivity index (χ4n) is 3.42. The molecular formula is C21H22N4O2. The molecule has 1 aromatic heterocycles. The number of benzene rings is 2. The third-order valence-corrected chi connectivity index (χ3v) is 4.79. The smallest absolute Gasteiger partial charge is 0.322 e. The molecule has 6 nitrogen and oxygen atoms in total. The number of nitrogens with one attached hydrogen (secondary N) is 1. The molecular weight excluding hydrogens is 340 g/mol. The van der Waals surface area contributed by atoms with Crippen LogP contribution in [0.2, 0.25) is 0 Å². The lowest BCUT2D eigenvalue weighted by molar-refractivity contribution is 0.142. The van der Waals surface area contributed by atoms with Gasteiger partial charge in [-0.15, -0.1) is 0 Å². The number of carbonyl (C=O) groups excluding carboxylic acids is 1. The van der Waals surface area contributed by atoms with E-state index in [2.05, 4.69) is 15.5 Å². The van der Waals surface area contributed by atoms with Gasteiger partial charge in [-0.1, -0.05) is 47.6 Å². The van der Waals surface area contributed by atoms with Crippen LogP contribution in [0.3, 0.4) is 0 Å². The number of urea groups is 1. The van der Waals surface area contributed by atoms with Crippen LogP contribution in [0.15, 0.2) is 59.1 Å². The molecule has 2 amide bonds. The number of anilines is 1. The SMILES string of the molecule is Cc1cccc(NC(=O)N2CCCC[C@@H]2c2nc(-c3ccccc3)no2)c1. The summed E-state index contributed by atoms with van der Waals surface area (Å²) < 4.78 is 5.53. The predicted molar refractivity (Wildman–Crippen MR) is 103 cm³/mol. The minimum atomic E-state index is -0.200. The number of aromatic nitrogens is 2. The van der Waals surface area contributed by atoms with Gasteiger partial charge in [-0.3, -0.25) is 0 Å². The molecule has 1 aliphatic heterocycles. The van der Waals surface area contributed by atoms with Gasteiger partial charge in [0.2, 0.25) is 11.7 Å². The molecule has 0 aliphatic carbocycles. The Labute approximate surface area is 158 Å². The molecule has 0 spiro atoms. The zero-order valence-electron chi connectivity index (χ0n) is 15.3. The maximum Gasteiger partial charge on any atom is 0.322 e. The third-order valence-electron chi connectivity index (χ3n) is 4.79. The van der Waals surface area contributed by atoms with E-state index < -0.39 is 0 Å². The molecule has 0 bridgehead atoms. The first kappa shape index (κ1) is 17.3. The van der Waals surface area contributed by atoms with E-state index in [1.807, 2.05) is 61.5 Å². The lowest BCUT2D eigenvalue weighted by Crippen LogP contribution is -2.41. The molecule has 1 N–H and O–H groups in total. The van der Waals surface area contributed by atoms with Gasteiger partial charge < -0.3 is 14.7 Å². The molecule has 0 radical (unpaired) electrons. The number of carbonyl (C=O) groups is 1. The van der Waals surface area contributed by atoms with Crippen LogP contribution in [-0.2, 0) is 0 Å². The second kappa shape index (κ2) is 7.61. The highest BCUT2D eigenvalue weighted by Crippen LogP contribution is 2.31. The van der Waals surface area contributed by atoms with Crippen molar-refractivity contribution in [3.05, 3.63) is 66.1 Å². The number of amides is 2. The number of hydrogen-bond acceptors (Lipinski definition) is 4. The summed E-state index contributed by atoms with van der Waals surface area (Å²) in [6.07, 6.45) is 2.82. The Bertz CT molecular complexity index is 923. The van der Waals surface area contributed by atoms with Crippen molar-refractivity contribution in [2.75, 3.05) is 11.9 Å². The zero-order chi connectivity index (χ0) is 18.6. The molecule has 6 heteroatoms. The van der Waals surface area contributed by atoms with E-state index in [0.717, 1.165) is 36.1 Å². The van der Waals surface area contributed by atoms with Crippen molar-refractivity contribution in [3.63, 3.8) is 0 Å². The molecule has 27 heavy (non-hydrogen) atoms. The van der Waals surface area contributed by atoms with E-state index in [1.54, 1.807) is 4.90 Å². The van der Waals surface area contributed by atoms with Gasteiger partial charge in [-0.05, 0) is 43.9 Å². The van der Waals surface area contributed by atoms with Crippen LogP contribution in [0.25, 0.3) is 11.4 Å². The monoisotopic (exact) mass is 362 g/mol. The van der Waals surface area contributed by atoms with Crippen molar-refractivity contribution in [2.45, 2.75) is 32.2 Å². The highest BCUT2D eigenvalue weighted by molar-refractivity contribution is 5.89. The Kier molecular flexibility index (Phi) is 4.87. The first-order valence-electron chi connectivity index (χ1n) is 9.24. The fraction of sp³-hybridized carbons (Fsp3) is 0.286. The molecule has 3 aromatic rings. The first-order valence-corrected chi connectivity index (χ1v) is 9.24. The normalized spacial score (nSPS) is 16.9. The van der Waals surface area contributed by atoms with Crippen molar-refractivity contribution < 1.29 is 9.32 Å². The molecule has 4 rings (SSSR count).